The highest BCUT2D eigenvalue weighted by atomic mass is 35.5. The van der Waals surface area contributed by atoms with Crippen LogP contribution in [0.1, 0.15) is 0 Å². The van der Waals surface area contributed by atoms with Crippen molar-refractivity contribution in [1.82, 2.24) is 5.16 Å². The summed E-state index contributed by atoms with van der Waals surface area (Å²) in [5, 5.41) is 9.59. The van der Waals surface area contributed by atoms with E-state index in [0.29, 0.717) is 28.0 Å². The van der Waals surface area contributed by atoms with Gasteiger partial charge in [0.1, 0.15) is 0 Å². The van der Waals surface area contributed by atoms with Gasteiger partial charge < -0.3 is 15.2 Å². The van der Waals surface area contributed by atoms with Crippen molar-refractivity contribution in [2.75, 3.05) is 17.7 Å². The molecule has 1 heterocycles. The topological polar surface area (TPSA) is 67.2 Å². The van der Waals surface area contributed by atoms with Gasteiger partial charge in [-0.15, -0.1) is 0 Å². The number of halogens is 2. The highest BCUT2D eigenvalue weighted by molar-refractivity contribution is 6.42. The van der Waals surface area contributed by atoms with Gasteiger partial charge in [-0.3, -0.25) is 4.79 Å². The fourth-order valence-corrected chi connectivity index (χ4v) is 1.30. The van der Waals surface area contributed by atoms with E-state index in [9.17, 15) is 4.79 Å². The van der Waals surface area contributed by atoms with Crippen molar-refractivity contribution in [1.29, 1.82) is 0 Å². The Morgan fingerprint density at radius 2 is 2.06 bits per heavy atom. The average Bonchev–Trinajstić information content (AvgIpc) is 2.88. The molecule has 1 amide bonds. The van der Waals surface area contributed by atoms with E-state index < -0.39 is 0 Å². The maximum Gasteiger partial charge on any atom is 0.224 e. The Labute approximate surface area is 114 Å². The first kappa shape index (κ1) is 14.3. The predicted molar refractivity (Wildman–Crippen MR) is 72.2 cm³/mol. The molecular formula is C11H11Cl2N3O2. The largest absolute Gasteiger partial charge is 0.357 e. The molecule has 0 aliphatic heterocycles. The fourth-order valence-electron chi connectivity index (χ4n) is 0.999. The molecule has 2 aromatic rings. The van der Waals surface area contributed by atoms with Crippen LogP contribution in [-0.4, -0.2) is 18.6 Å². The number of nitrogens with one attached hydrogen (secondary N) is 2. The summed E-state index contributed by atoms with van der Waals surface area (Å²) in [6.07, 6.45) is 2.17. The predicted octanol–water partition coefficient (Wildman–Crippen LogP) is 3.28. The third-order valence-electron chi connectivity index (χ3n) is 1.83. The number of amides is 1. The molecular weight excluding hydrogens is 277 g/mol. The highest BCUT2D eigenvalue weighted by Crippen LogP contribution is 2.24. The molecule has 0 spiro atoms. The first-order chi connectivity index (χ1) is 8.67. The van der Waals surface area contributed by atoms with Crippen LogP contribution >= 0.6 is 23.2 Å². The summed E-state index contributed by atoms with van der Waals surface area (Å²) in [5.41, 5.74) is 0.634. The minimum Gasteiger partial charge on any atom is -0.357 e. The van der Waals surface area contributed by atoms with Gasteiger partial charge in [0.15, 0.2) is 0 Å². The number of hydrogen-bond acceptors (Lipinski definition) is 4. The Kier molecular flexibility index (Phi) is 6.04. The molecule has 0 saturated heterocycles. The molecule has 96 valence electrons. The quantitative estimate of drug-likeness (QED) is 0.850. The van der Waals surface area contributed by atoms with Crippen LogP contribution in [0.4, 0.5) is 11.6 Å². The van der Waals surface area contributed by atoms with E-state index in [1.54, 1.807) is 37.5 Å². The second-order valence-electron chi connectivity index (χ2n) is 3.02. The first-order valence-corrected chi connectivity index (χ1v) is 5.66. The van der Waals surface area contributed by atoms with Crippen LogP contribution in [0, 0.1) is 0 Å². The number of anilines is 2. The summed E-state index contributed by atoms with van der Waals surface area (Å²) in [6, 6.07) is 6.62. The van der Waals surface area contributed by atoms with Gasteiger partial charge in [-0.25, -0.2) is 0 Å². The normalized spacial score (nSPS) is 9.06. The Balaban J connectivity index is 0.000000199. The van der Waals surface area contributed by atoms with Gasteiger partial charge in [-0.05, 0) is 18.2 Å². The van der Waals surface area contributed by atoms with Gasteiger partial charge in [0, 0.05) is 18.8 Å². The smallest absolute Gasteiger partial charge is 0.224 e. The van der Waals surface area contributed by atoms with E-state index in [0.717, 1.165) is 0 Å². The van der Waals surface area contributed by atoms with E-state index in [1.807, 2.05) is 0 Å². The molecule has 0 fully saturated rings. The molecule has 7 heteroatoms. The molecule has 5 nitrogen and oxygen atoms in total. The lowest BCUT2D eigenvalue weighted by atomic mass is 10.3. The van der Waals surface area contributed by atoms with Gasteiger partial charge in [-0.1, -0.05) is 28.4 Å². The summed E-state index contributed by atoms with van der Waals surface area (Å²) in [4.78, 5) is 9.98. The molecule has 0 atom stereocenters. The molecule has 1 aromatic heterocycles. The van der Waals surface area contributed by atoms with E-state index in [4.69, 9.17) is 23.2 Å². The van der Waals surface area contributed by atoms with Crippen molar-refractivity contribution in [2.45, 2.75) is 0 Å². The lowest BCUT2D eigenvalue weighted by Gasteiger charge is -1.99. The standard InChI is InChI=1S/C7H5Cl2NO.C4H6N2O/c8-6-2-1-5(10-4-11)3-7(6)9;1-5-4-2-3-6-7-4/h1-4H,(H,10,11);2-3,5H,1H3. The minimum atomic E-state index is 0.429. The van der Waals surface area contributed by atoms with E-state index >= 15 is 0 Å². The SMILES string of the molecule is CNc1ccno1.O=CNc1ccc(Cl)c(Cl)c1. The van der Waals surface area contributed by atoms with Gasteiger partial charge in [0.05, 0.1) is 16.2 Å². The summed E-state index contributed by atoms with van der Waals surface area (Å²) in [5.74, 6) is 0.694. The van der Waals surface area contributed by atoms with Crippen molar-refractivity contribution in [2.24, 2.45) is 0 Å². The van der Waals surface area contributed by atoms with E-state index in [1.165, 1.54) is 0 Å². The highest BCUT2D eigenvalue weighted by Gasteiger charge is 1.97. The molecule has 2 rings (SSSR count). The van der Waals surface area contributed by atoms with Crippen LogP contribution in [0.15, 0.2) is 35.0 Å². The van der Waals surface area contributed by atoms with Crippen LogP contribution < -0.4 is 10.6 Å². The zero-order valence-corrected chi connectivity index (χ0v) is 11.0. The van der Waals surface area contributed by atoms with Gasteiger partial charge in [0.2, 0.25) is 12.3 Å². The Hall–Kier alpha value is -1.72. The molecule has 0 unspecified atom stereocenters. The Bertz CT molecular complexity index is 489. The fraction of sp³-hybridized carbons (Fsp3) is 0.0909. The van der Waals surface area contributed by atoms with Gasteiger partial charge >= 0.3 is 0 Å². The molecule has 2 N–H and O–H groups in total. The molecule has 0 saturated carbocycles. The zero-order valence-electron chi connectivity index (χ0n) is 9.48. The molecule has 0 aliphatic carbocycles. The molecule has 1 aromatic carbocycles. The second kappa shape index (κ2) is 7.58. The number of aromatic nitrogens is 1. The summed E-state index contributed by atoms with van der Waals surface area (Å²) < 4.78 is 4.62. The van der Waals surface area contributed by atoms with Crippen LogP contribution in [0.5, 0.6) is 0 Å². The van der Waals surface area contributed by atoms with Crippen molar-refractivity contribution in [3.05, 3.63) is 40.5 Å². The number of benzene rings is 1. The lowest BCUT2D eigenvalue weighted by Crippen LogP contribution is -1.92. The minimum absolute atomic E-state index is 0.429. The summed E-state index contributed by atoms with van der Waals surface area (Å²) >= 11 is 11.3. The second-order valence-corrected chi connectivity index (χ2v) is 3.83. The average molecular weight is 288 g/mol. The van der Waals surface area contributed by atoms with Gasteiger partial charge in [0.25, 0.3) is 0 Å². The van der Waals surface area contributed by atoms with Crippen LogP contribution in [0.3, 0.4) is 0 Å². The third-order valence-corrected chi connectivity index (χ3v) is 2.57. The number of carbonyl (C=O) groups excluding carboxylic acids is 1. The maximum absolute atomic E-state index is 9.98. The Morgan fingerprint density at radius 3 is 2.50 bits per heavy atom. The third kappa shape index (κ3) is 4.65. The van der Waals surface area contributed by atoms with Crippen molar-refractivity contribution < 1.29 is 9.32 Å². The van der Waals surface area contributed by atoms with E-state index in [2.05, 4.69) is 20.3 Å². The van der Waals surface area contributed by atoms with Crippen LogP contribution in [0.2, 0.25) is 10.0 Å². The number of rotatable bonds is 3. The Morgan fingerprint density at radius 1 is 1.28 bits per heavy atom. The summed E-state index contributed by atoms with van der Waals surface area (Å²) in [6.45, 7) is 0. The number of nitrogens with zero attached hydrogens (tertiary/aromatic N) is 1. The maximum atomic E-state index is 9.98. The number of carbonyl (C=O) groups is 1. The van der Waals surface area contributed by atoms with Crippen molar-refractivity contribution in [3.8, 4) is 0 Å². The van der Waals surface area contributed by atoms with Gasteiger partial charge in [-0.2, -0.15) is 0 Å². The monoisotopic (exact) mass is 287 g/mol. The molecule has 0 bridgehead atoms. The van der Waals surface area contributed by atoms with Crippen molar-refractivity contribution >= 4 is 41.2 Å². The molecule has 18 heavy (non-hydrogen) atoms. The van der Waals surface area contributed by atoms with Crippen molar-refractivity contribution in [3.63, 3.8) is 0 Å². The molecule has 0 aliphatic rings. The summed E-state index contributed by atoms with van der Waals surface area (Å²) in [7, 11) is 1.78. The first-order valence-electron chi connectivity index (χ1n) is 4.91. The van der Waals surface area contributed by atoms with Crippen LogP contribution in [-0.2, 0) is 4.79 Å². The van der Waals surface area contributed by atoms with E-state index in [-0.39, 0.29) is 0 Å². The van der Waals surface area contributed by atoms with Crippen LogP contribution in [0.25, 0.3) is 0 Å². The number of hydrogen-bond donors (Lipinski definition) is 2. The molecule has 0 radical (unpaired) electrons. The lowest BCUT2D eigenvalue weighted by molar-refractivity contribution is -0.105. The zero-order chi connectivity index (χ0) is 13.4.